The van der Waals surface area contributed by atoms with Gasteiger partial charge in [0.2, 0.25) is 5.91 Å². The molecule has 21 heavy (non-hydrogen) atoms. The van der Waals surface area contributed by atoms with Crippen LogP contribution >= 0.6 is 0 Å². The molecule has 1 aliphatic heterocycles. The second-order valence-corrected chi connectivity index (χ2v) is 5.70. The summed E-state index contributed by atoms with van der Waals surface area (Å²) in [7, 11) is 0. The molecule has 1 fully saturated rings. The van der Waals surface area contributed by atoms with Gasteiger partial charge >= 0.3 is 0 Å². The van der Waals surface area contributed by atoms with Gasteiger partial charge in [0, 0.05) is 0 Å². The van der Waals surface area contributed by atoms with Crippen molar-refractivity contribution in [2.45, 2.75) is 45.3 Å². The van der Waals surface area contributed by atoms with E-state index in [9.17, 15) is 4.79 Å². The molecule has 0 spiro atoms. The molecular weight excluding hydrogens is 264 g/mol. The first-order chi connectivity index (χ1) is 10.2. The van der Waals surface area contributed by atoms with Gasteiger partial charge in [-0.25, -0.2) is 0 Å². The Balaban J connectivity index is 1.80. The number of aryl methyl sites for hydroxylation is 1. The van der Waals surface area contributed by atoms with Crippen LogP contribution in [0, 0.1) is 6.92 Å². The molecule has 0 saturated carbocycles. The molecule has 0 radical (unpaired) electrons. The lowest BCUT2D eigenvalue weighted by molar-refractivity contribution is -0.129. The highest BCUT2D eigenvalue weighted by atomic mass is 16.5. The van der Waals surface area contributed by atoms with Crippen LogP contribution in [0.5, 0.6) is 0 Å². The monoisotopic (exact) mass is 290 g/mol. The second kappa shape index (κ2) is 8.15. The molecule has 1 saturated heterocycles. The lowest BCUT2D eigenvalue weighted by Gasteiger charge is -2.23. The Hall–Kier alpha value is -1.39. The van der Waals surface area contributed by atoms with Gasteiger partial charge in [-0.1, -0.05) is 36.8 Å². The van der Waals surface area contributed by atoms with E-state index < -0.39 is 0 Å². The molecule has 2 rings (SSSR count). The van der Waals surface area contributed by atoms with Crippen LogP contribution in [0.3, 0.4) is 0 Å². The first-order valence-corrected chi connectivity index (χ1v) is 7.87. The van der Waals surface area contributed by atoms with E-state index in [1.807, 2.05) is 0 Å². The fourth-order valence-electron chi connectivity index (χ4n) is 2.61. The molecule has 0 aromatic heterocycles. The lowest BCUT2D eigenvalue weighted by Crippen LogP contribution is -2.36. The SMILES string of the molecule is CCC(NC(=O)COC1CCNCC1)c1ccc(C)cc1. The number of benzene rings is 1. The van der Waals surface area contributed by atoms with Crippen molar-refractivity contribution in [3.8, 4) is 0 Å². The third kappa shape index (κ3) is 5.14. The average molecular weight is 290 g/mol. The summed E-state index contributed by atoms with van der Waals surface area (Å²) in [6.45, 7) is 6.27. The summed E-state index contributed by atoms with van der Waals surface area (Å²) >= 11 is 0. The number of ether oxygens (including phenoxy) is 1. The molecule has 1 aliphatic rings. The highest BCUT2D eigenvalue weighted by Crippen LogP contribution is 2.17. The minimum atomic E-state index is -0.0269. The zero-order valence-corrected chi connectivity index (χ0v) is 13.0. The van der Waals surface area contributed by atoms with Crippen molar-refractivity contribution in [3.63, 3.8) is 0 Å². The fourth-order valence-corrected chi connectivity index (χ4v) is 2.61. The summed E-state index contributed by atoms with van der Waals surface area (Å²) in [6.07, 6.45) is 3.07. The first kappa shape index (κ1) is 16.0. The largest absolute Gasteiger partial charge is 0.368 e. The predicted molar refractivity (Wildman–Crippen MR) is 84.2 cm³/mol. The summed E-state index contributed by atoms with van der Waals surface area (Å²) in [5, 5.41) is 6.35. The molecule has 0 bridgehead atoms. The van der Waals surface area contributed by atoms with Gasteiger partial charge in [-0.2, -0.15) is 0 Å². The van der Waals surface area contributed by atoms with Crippen molar-refractivity contribution in [2.24, 2.45) is 0 Å². The maximum atomic E-state index is 12.0. The van der Waals surface area contributed by atoms with Gasteiger partial charge in [0.05, 0.1) is 12.1 Å². The van der Waals surface area contributed by atoms with Gasteiger partial charge in [0.25, 0.3) is 0 Å². The number of hydrogen-bond acceptors (Lipinski definition) is 3. The zero-order valence-electron chi connectivity index (χ0n) is 13.0. The molecule has 1 amide bonds. The maximum absolute atomic E-state index is 12.0. The first-order valence-electron chi connectivity index (χ1n) is 7.87. The van der Waals surface area contributed by atoms with Crippen LogP contribution in [0.4, 0.5) is 0 Å². The van der Waals surface area contributed by atoms with E-state index in [1.54, 1.807) is 0 Å². The third-order valence-electron chi connectivity index (χ3n) is 3.96. The van der Waals surface area contributed by atoms with Gasteiger partial charge in [0.15, 0.2) is 0 Å². The van der Waals surface area contributed by atoms with Crippen molar-refractivity contribution in [2.75, 3.05) is 19.7 Å². The minimum Gasteiger partial charge on any atom is -0.368 e. The Morgan fingerprint density at radius 3 is 2.62 bits per heavy atom. The topological polar surface area (TPSA) is 50.4 Å². The number of carbonyl (C=O) groups is 1. The smallest absolute Gasteiger partial charge is 0.246 e. The lowest BCUT2D eigenvalue weighted by atomic mass is 10.0. The molecule has 0 aliphatic carbocycles. The summed E-state index contributed by atoms with van der Waals surface area (Å²) in [4.78, 5) is 12.0. The summed E-state index contributed by atoms with van der Waals surface area (Å²) in [5.41, 5.74) is 2.38. The molecule has 116 valence electrons. The van der Waals surface area contributed by atoms with Crippen molar-refractivity contribution in [1.82, 2.24) is 10.6 Å². The Labute approximate surface area is 127 Å². The van der Waals surface area contributed by atoms with Crippen LogP contribution in [0.15, 0.2) is 24.3 Å². The maximum Gasteiger partial charge on any atom is 0.246 e. The van der Waals surface area contributed by atoms with Gasteiger partial charge in [-0.15, -0.1) is 0 Å². The Kier molecular flexibility index (Phi) is 6.21. The molecule has 1 unspecified atom stereocenters. The highest BCUT2D eigenvalue weighted by molar-refractivity contribution is 5.77. The van der Waals surface area contributed by atoms with Crippen molar-refractivity contribution >= 4 is 5.91 Å². The van der Waals surface area contributed by atoms with E-state index in [1.165, 1.54) is 5.56 Å². The fraction of sp³-hybridized carbons (Fsp3) is 0.588. The van der Waals surface area contributed by atoms with E-state index >= 15 is 0 Å². The Morgan fingerprint density at radius 2 is 2.00 bits per heavy atom. The number of hydrogen-bond donors (Lipinski definition) is 2. The molecule has 1 heterocycles. The van der Waals surface area contributed by atoms with E-state index in [2.05, 4.69) is 48.7 Å². The average Bonchev–Trinajstić information content (AvgIpc) is 2.52. The third-order valence-corrected chi connectivity index (χ3v) is 3.96. The van der Waals surface area contributed by atoms with E-state index in [-0.39, 0.29) is 24.7 Å². The van der Waals surface area contributed by atoms with E-state index in [0.29, 0.717) is 0 Å². The summed E-state index contributed by atoms with van der Waals surface area (Å²) < 4.78 is 5.69. The van der Waals surface area contributed by atoms with Crippen LogP contribution in [-0.4, -0.2) is 31.7 Å². The Bertz CT molecular complexity index is 439. The van der Waals surface area contributed by atoms with Crippen LogP contribution in [0.25, 0.3) is 0 Å². The number of nitrogens with one attached hydrogen (secondary N) is 2. The zero-order chi connectivity index (χ0) is 15.1. The second-order valence-electron chi connectivity index (χ2n) is 5.70. The van der Waals surface area contributed by atoms with E-state index in [0.717, 1.165) is 37.9 Å². The van der Waals surface area contributed by atoms with Crippen molar-refractivity contribution < 1.29 is 9.53 Å². The van der Waals surface area contributed by atoms with Crippen molar-refractivity contribution in [1.29, 1.82) is 0 Å². The quantitative estimate of drug-likeness (QED) is 0.845. The van der Waals surface area contributed by atoms with Gasteiger partial charge < -0.3 is 15.4 Å². The molecule has 1 aromatic rings. The number of carbonyl (C=O) groups excluding carboxylic acids is 1. The van der Waals surface area contributed by atoms with Gasteiger partial charge in [-0.3, -0.25) is 4.79 Å². The minimum absolute atomic E-state index is 0.0269. The standard InChI is InChI=1S/C17H26N2O2/c1-3-16(14-6-4-13(2)5-7-14)19-17(20)12-21-15-8-10-18-11-9-15/h4-7,15-16,18H,3,8-12H2,1-2H3,(H,19,20). The highest BCUT2D eigenvalue weighted by Gasteiger charge is 2.17. The summed E-state index contributed by atoms with van der Waals surface area (Å²) in [5.74, 6) is -0.0269. The Morgan fingerprint density at radius 1 is 1.33 bits per heavy atom. The van der Waals surface area contributed by atoms with Gasteiger partial charge in [-0.05, 0) is 44.8 Å². The van der Waals surface area contributed by atoms with Crippen LogP contribution in [-0.2, 0) is 9.53 Å². The van der Waals surface area contributed by atoms with Gasteiger partial charge in [0.1, 0.15) is 6.61 Å². The van der Waals surface area contributed by atoms with Crippen LogP contribution < -0.4 is 10.6 Å². The predicted octanol–water partition coefficient (Wildman–Crippen LogP) is 2.33. The van der Waals surface area contributed by atoms with Crippen LogP contribution in [0.1, 0.15) is 43.4 Å². The van der Waals surface area contributed by atoms with E-state index in [4.69, 9.17) is 4.74 Å². The molecule has 1 aromatic carbocycles. The molecular formula is C17H26N2O2. The molecule has 1 atom stereocenters. The number of rotatable bonds is 6. The number of piperidine rings is 1. The molecule has 2 N–H and O–H groups in total. The van der Waals surface area contributed by atoms with Crippen LogP contribution in [0.2, 0.25) is 0 Å². The molecule has 4 nitrogen and oxygen atoms in total. The summed E-state index contributed by atoms with van der Waals surface area (Å²) in [6, 6.07) is 8.38. The van der Waals surface area contributed by atoms with Crippen molar-refractivity contribution in [3.05, 3.63) is 35.4 Å². The normalized spacial score (nSPS) is 17.4. The number of amides is 1. The molecule has 4 heteroatoms.